The lowest BCUT2D eigenvalue weighted by atomic mass is 10.3. The predicted octanol–water partition coefficient (Wildman–Crippen LogP) is 1.11. The van der Waals surface area contributed by atoms with E-state index >= 15 is 0 Å². The Morgan fingerprint density at radius 3 is 2.80 bits per heavy atom. The van der Waals surface area contributed by atoms with Gasteiger partial charge in [-0.05, 0) is 24.4 Å². The number of anilines is 2. The van der Waals surface area contributed by atoms with Crippen LogP contribution in [-0.4, -0.2) is 30.5 Å². The second-order valence-corrected chi connectivity index (χ2v) is 4.19. The Hall–Kier alpha value is -1.30. The number of rotatable bonds is 2. The van der Waals surface area contributed by atoms with Gasteiger partial charge in [-0.2, -0.15) is 4.37 Å². The van der Waals surface area contributed by atoms with E-state index in [0.29, 0.717) is 5.56 Å². The Morgan fingerprint density at radius 1 is 1.53 bits per heavy atom. The molecule has 82 valence electrons. The molecule has 0 unspecified atom stereocenters. The molecule has 1 aromatic heterocycles. The summed E-state index contributed by atoms with van der Waals surface area (Å²) in [5.74, 6) is -0.128. The topological polar surface area (TPSA) is 68.5 Å². The Balaban J connectivity index is 2.34. The molecule has 0 aliphatic carbocycles. The van der Waals surface area contributed by atoms with E-state index in [1.54, 1.807) is 0 Å². The fourth-order valence-electron chi connectivity index (χ4n) is 1.72. The molecule has 2 N–H and O–H groups in total. The maximum Gasteiger partial charge on any atom is 0.344 e. The second-order valence-electron chi connectivity index (χ2n) is 3.43. The number of nitrogens with zero attached hydrogens (tertiary/aromatic N) is 2. The van der Waals surface area contributed by atoms with Crippen molar-refractivity contribution in [1.82, 2.24) is 4.37 Å². The van der Waals surface area contributed by atoms with Crippen molar-refractivity contribution < 1.29 is 9.53 Å². The van der Waals surface area contributed by atoms with Crippen LogP contribution >= 0.6 is 11.5 Å². The van der Waals surface area contributed by atoms with Crippen molar-refractivity contribution in [3.8, 4) is 0 Å². The van der Waals surface area contributed by atoms with E-state index in [9.17, 15) is 4.79 Å². The van der Waals surface area contributed by atoms with Gasteiger partial charge >= 0.3 is 5.97 Å². The number of hydrogen-bond donors (Lipinski definition) is 1. The average Bonchev–Trinajstić information content (AvgIpc) is 2.85. The quantitative estimate of drug-likeness (QED) is 0.766. The summed E-state index contributed by atoms with van der Waals surface area (Å²) in [6.07, 6.45) is 2.30. The molecule has 0 aromatic carbocycles. The highest BCUT2D eigenvalue weighted by Gasteiger charge is 2.25. The predicted molar refractivity (Wildman–Crippen MR) is 59.3 cm³/mol. The van der Waals surface area contributed by atoms with Crippen LogP contribution in [0.3, 0.4) is 0 Å². The SMILES string of the molecule is COC(=O)c1c(N)nsc1N1CCCC1. The van der Waals surface area contributed by atoms with Crippen molar-refractivity contribution in [1.29, 1.82) is 0 Å². The highest BCUT2D eigenvalue weighted by atomic mass is 32.1. The second kappa shape index (κ2) is 4.06. The van der Waals surface area contributed by atoms with Crippen molar-refractivity contribution in [2.24, 2.45) is 0 Å². The van der Waals surface area contributed by atoms with Crippen LogP contribution in [0, 0.1) is 0 Å². The normalized spacial score (nSPS) is 15.7. The molecule has 1 aromatic rings. The fraction of sp³-hybridized carbons (Fsp3) is 0.556. The largest absolute Gasteiger partial charge is 0.465 e. The minimum atomic E-state index is -0.400. The summed E-state index contributed by atoms with van der Waals surface area (Å²) in [5, 5.41) is 0.844. The lowest BCUT2D eigenvalue weighted by Gasteiger charge is -2.15. The number of nitrogen functional groups attached to an aromatic ring is 1. The van der Waals surface area contributed by atoms with Crippen LogP contribution in [0.4, 0.5) is 10.8 Å². The molecule has 0 bridgehead atoms. The van der Waals surface area contributed by atoms with Crippen molar-refractivity contribution in [3.63, 3.8) is 0 Å². The number of carbonyl (C=O) groups is 1. The Bertz CT molecular complexity index is 371. The van der Waals surface area contributed by atoms with Crippen LogP contribution in [0.5, 0.6) is 0 Å². The van der Waals surface area contributed by atoms with Gasteiger partial charge in [-0.15, -0.1) is 0 Å². The minimum absolute atomic E-state index is 0.272. The van der Waals surface area contributed by atoms with E-state index in [-0.39, 0.29) is 5.82 Å². The lowest BCUT2D eigenvalue weighted by molar-refractivity contribution is 0.0603. The molecule has 1 fully saturated rings. The van der Waals surface area contributed by atoms with Gasteiger partial charge in [0.25, 0.3) is 0 Å². The van der Waals surface area contributed by atoms with Gasteiger partial charge in [0.15, 0.2) is 5.82 Å². The number of methoxy groups -OCH3 is 1. The molecule has 5 nitrogen and oxygen atoms in total. The smallest absolute Gasteiger partial charge is 0.344 e. The molecule has 0 saturated carbocycles. The standard InChI is InChI=1S/C9H13N3O2S/c1-14-9(13)6-7(10)11-15-8(6)12-4-2-3-5-12/h2-5H2,1H3,(H2,10,11). The molecule has 0 amide bonds. The number of hydrogen-bond acceptors (Lipinski definition) is 6. The van der Waals surface area contributed by atoms with E-state index in [1.165, 1.54) is 18.6 Å². The molecule has 1 aliphatic rings. The average molecular weight is 227 g/mol. The maximum atomic E-state index is 11.5. The molecule has 0 radical (unpaired) electrons. The number of carbonyl (C=O) groups excluding carboxylic acids is 1. The molecule has 2 heterocycles. The molecule has 15 heavy (non-hydrogen) atoms. The van der Waals surface area contributed by atoms with Gasteiger partial charge in [-0.25, -0.2) is 4.79 Å². The zero-order valence-corrected chi connectivity index (χ0v) is 9.34. The molecule has 0 atom stereocenters. The summed E-state index contributed by atoms with van der Waals surface area (Å²) in [6.45, 7) is 1.93. The van der Waals surface area contributed by atoms with E-state index in [1.807, 2.05) is 0 Å². The van der Waals surface area contributed by atoms with Crippen LogP contribution in [0.25, 0.3) is 0 Å². The number of nitrogens with two attached hydrogens (primary N) is 1. The van der Waals surface area contributed by atoms with E-state index in [0.717, 1.165) is 30.9 Å². The van der Waals surface area contributed by atoms with Gasteiger partial charge in [0.1, 0.15) is 10.6 Å². The highest BCUT2D eigenvalue weighted by molar-refractivity contribution is 7.11. The van der Waals surface area contributed by atoms with Gasteiger partial charge in [-0.1, -0.05) is 0 Å². The van der Waals surface area contributed by atoms with Crippen molar-refractivity contribution in [2.45, 2.75) is 12.8 Å². The van der Waals surface area contributed by atoms with Gasteiger partial charge in [0, 0.05) is 13.1 Å². The van der Waals surface area contributed by atoms with Gasteiger partial charge in [0.2, 0.25) is 0 Å². The van der Waals surface area contributed by atoms with Crippen LogP contribution in [0.15, 0.2) is 0 Å². The number of ether oxygens (including phenoxy) is 1. The number of aromatic nitrogens is 1. The molecule has 1 aliphatic heterocycles. The van der Waals surface area contributed by atoms with Gasteiger partial charge in [0.05, 0.1) is 7.11 Å². The maximum absolute atomic E-state index is 11.5. The van der Waals surface area contributed by atoms with Crippen molar-refractivity contribution in [2.75, 3.05) is 30.8 Å². The monoisotopic (exact) mass is 227 g/mol. The first-order valence-corrected chi connectivity index (χ1v) is 5.59. The molecule has 6 heteroatoms. The molecular weight excluding hydrogens is 214 g/mol. The Kier molecular flexibility index (Phi) is 2.77. The number of esters is 1. The van der Waals surface area contributed by atoms with Crippen LogP contribution < -0.4 is 10.6 Å². The lowest BCUT2D eigenvalue weighted by Crippen LogP contribution is -2.19. The van der Waals surface area contributed by atoms with Crippen LogP contribution in [0.2, 0.25) is 0 Å². The van der Waals surface area contributed by atoms with Gasteiger partial charge < -0.3 is 15.4 Å². The molecule has 2 rings (SSSR count). The van der Waals surface area contributed by atoms with Crippen LogP contribution in [-0.2, 0) is 4.74 Å². The summed E-state index contributed by atoms with van der Waals surface area (Å²) in [6, 6.07) is 0. The summed E-state index contributed by atoms with van der Waals surface area (Å²) < 4.78 is 8.70. The zero-order valence-electron chi connectivity index (χ0n) is 8.52. The van der Waals surface area contributed by atoms with Crippen molar-refractivity contribution >= 4 is 28.3 Å². The van der Waals surface area contributed by atoms with E-state index in [4.69, 9.17) is 10.5 Å². The first-order valence-electron chi connectivity index (χ1n) is 4.82. The van der Waals surface area contributed by atoms with Crippen LogP contribution in [0.1, 0.15) is 23.2 Å². The molecule has 1 saturated heterocycles. The Morgan fingerprint density at radius 2 is 2.20 bits per heavy atom. The third-order valence-corrected chi connectivity index (χ3v) is 3.41. The van der Waals surface area contributed by atoms with E-state index in [2.05, 4.69) is 9.27 Å². The zero-order chi connectivity index (χ0) is 10.8. The summed E-state index contributed by atoms with van der Waals surface area (Å²) >= 11 is 1.27. The van der Waals surface area contributed by atoms with Gasteiger partial charge in [-0.3, -0.25) is 0 Å². The molecule has 0 spiro atoms. The summed E-state index contributed by atoms with van der Waals surface area (Å²) in [7, 11) is 1.35. The summed E-state index contributed by atoms with van der Waals surface area (Å²) in [5.41, 5.74) is 6.08. The highest BCUT2D eigenvalue weighted by Crippen LogP contribution is 2.33. The fourth-order valence-corrected chi connectivity index (χ4v) is 2.58. The van der Waals surface area contributed by atoms with E-state index < -0.39 is 5.97 Å². The molecular formula is C9H13N3O2S. The minimum Gasteiger partial charge on any atom is -0.465 e. The third kappa shape index (κ3) is 1.77. The third-order valence-electron chi connectivity index (χ3n) is 2.48. The first-order chi connectivity index (χ1) is 7.24. The first kappa shape index (κ1) is 10.2. The Labute approximate surface area is 92.0 Å². The summed E-state index contributed by atoms with van der Waals surface area (Å²) in [4.78, 5) is 13.6. The van der Waals surface area contributed by atoms with Crippen molar-refractivity contribution in [3.05, 3.63) is 5.56 Å².